The van der Waals surface area contributed by atoms with Gasteiger partial charge in [-0.3, -0.25) is 4.79 Å². The Labute approximate surface area is 164 Å². The molecule has 144 valence electrons. The maximum absolute atomic E-state index is 13.2. The lowest BCUT2D eigenvalue weighted by Gasteiger charge is -2.28. The summed E-state index contributed by atoms with van der Waals surface area (Å²) in [5, 5.41) is 1.05. The van der Waals surface area contributed by atoms with Gasteiger partial charge in [-0.15, -0.1) is 0 Å². The fourth-order valence-electron chi connectivity index (χ4n) is 4.24. The zero-order valence-corrected chi connectivity index (χ0v) is 16.4. The van der Waals surface area contributed by atoms with Crippen molar-refractivity contribution in [3.8, 4) is 0 Å². The minimum Gasteiger partial charge on any atom is -0.337 e. The summed E-state index contributed by atoms with van der Waals surface area (Å²) in [6, 6.07) is 15.8. The van der Waals surface area contributed by atoms with Crippen LogP contribution in [0.15, 0.2) is 48.5 Å². The maximum Gasteiger partial charge on any atom is 0.329 e. The van der Waals surface area contributed by atoms with Crippen molar-refractivity contribution >= 4 is 28.5 Å². The van der Waals surface area contributed by atoms with Crippen molar-refractivity contribution in [1.29, 1.82) is 0 Å². The van der Waals surface area contributed by atoms with Crippen LogP contribution < -0.4 is 9.74 Å². The van der Waals surface area contributed by atoms with E-state index >= 15 is 0 Å². The first kappa shape index (κ1) is 18.3. The molecule has 3 aromatic rings. The molecule has 0 N–H and O–H groups in total. The van der Waals surface area contributed by atoms with Gasteiger partial charge >= 0.3 is 5.97 Å². The molecule has 4 rings (SSSR count). The Bertz CT molecular complexity index is 1070. The van der Waals surface area contributed by atoms with Crippen molar-refractivity contribution in [1.82, 2.24) is 4.73 Å². The van der Waals surface area contributed by atoms with E-state index in [9.17, 15) is 9.59 Å². The number of nitrogens with zero attached hydrogens (tertiary/aromatic N) is 2. The second kappa shape index (κ2) is 7.15. The number of para-hydroxylation sites is 2. The van der Waals surface area contributed by atoms with Crippen LogP contribution in [0.5, 0.6) is 0 Å². The SMILES string of the molecule is CC(=O)On1c2c(c3ccccc31)CC(C(=O)N(C)c1ccccc1C)CC2. The molecular formula is C23H24N2O3. The van der Waals surface area contributed by atoms with Crippen molar-refractivity contribution in [2.45, 2.75) is 33.1 Å². The minimum absolute atomic E-state index is 0.0892. The predicted molar refractivity (Wildman–Crippen MR) is 109 cm³/mol. The molecule has 0 bridgehead atoms. The fraction of sp³-hybridized carbons (Fsp3) is 0.304. The molecule has 28 heavy (non-hydrogen) atoms. The summed E-state index contributed by atoms with van der Waals surface area (Å²) in [7, 11) is 1.85. The predicted octanol–water partition coefficient (Wildman–Crippen LogP) is 3.69. The molecule has 0 aliphatic heterocycles. The molecule has 0 spiro atoms. The van der Waals surface area contributed by atoms with E-state index < -0.39 is 0 Å². The molecule has 2 aromatic carbocycles. The lowest BCUT2D eigenvalue weighted by atomic mass is 9.85. The third-order valence-electron chi connectivity index (χ3n) is 5.60. The van der Waals surface area contributed by atoms with Crippen LogP contribution in [0.2, 0.25) is 0 Å². The van der Waals surface area contributed by atoms with E-state index in [2.05, 4.69) is 0 Å². The number of benzene rings is 2. The van der Waals surface area contributed by atoms with Crippen LogP contribution >= 0.6 is 0 Å². The number of hydrogen-bond acceptors (Lipinski definition) is 3. The molecule has 1 amide bonds. The second-order valence-corrected chi connectivity index (χ2v) is 7.44. The summed E-state index contributed by atoms with van der Waals surface area (Å²) >= 11 is 0. The minimum atomic E-state index is -0.346. The Morgan fingerprint density at radius 2 is 1.82 bits per heavy atom. The Morgan fingerprint density at radius 3 is 2.57 bits per heavy atom. The van der Waals surface area contributed by atoms with E-state index in [0.29, 0.717) is 12.8 Å². The Kier molecular flexibility index (Phi) is 4.67. The average molecular weight is 376 g/mol. The van der Waals surface area contributed by atoms with Gasteiger partial charge in [-0.1, -0.05) is 36.4 Å². The van der Waals surface area contributed by atoms with Gasteiger partial charge in [-0.25, -0.2) is 4.79 Å². The van der Waals surface area contributed by atoms with Crippen LogP contribution in [0.4, 0.5) is 5.69 Å². The summed E-state index contributed by atoms with van der Waals surface area (Å²) in [5.74, 6) is -0.306. The third-order valence-corrected chi connectivity index (χ3v) is 5.60. The normalized spacial score (nSPS) is 15.9. The smallest absolute Gasteiger partial charge is 0.329 e. The summed E-state index contributed by atoms with van der Waals surface area (Å²) in [5.41, 5.74) is 5.02. The van der Waals surface area contributed by atoms with Crippen molar-refractivity contribution in [2.24, 2.45) is 5.92 Å². The van der Waals surface area contributed by atoms with Gasteiger partial charge in [-0.2, -0.15) is 4.73 Å². The average Bonchev–Trinajstić information content (AvgIpc) is 3.00. The Balaban J connectivity index is 1.67. The zero-order valence-electron chi connectivity index (χ0n) is 16.4. The molecule has 1 aliphatic rings. The highest BCUT2D eigenvalue weighted by atomic mass is 16.7. The maximum atomic E-state index is 13.2. The van der Waals surface area contributed by atoms with Gasteiger partial charge in [0, 0.05) is 31.0 Å². The monoisotopic (exact) mass is 376 g/mol. The van der Waals surface area contributed by atoms with Crippen LogP contribution in [0, 0.1) is 12.8 Å². The van der Waals surface area contributed by atoms with E-state index in [4.69, 9.17) is 4.84 Å². The van der Waals surface area contributed by atoms with E-state index in [1.165, 1.54) is 6.92 Å². The van der Waals surface area contributed by atoms with Crippen LogP contribution in [0.3, 0.4) is 0 Å². The fourth-order valence-corrected chi connectivity index (χ4v) is 4.24. The Morgan fingerprint density at radius 1 is 1.11 bits per heavy atom. The van der Waals surface area contributed by atoms with E-state index in [1.54, 1.807) is 9.63 Å². The molecule has 0 saturated heterocycles. The van der Waals surface area contributed by atoms with Crippen molar-refractivity contribution < 1.29 is 14.4 Å². The molecule has 0 radical (unpaired) electrons. The number of carbonyl (C=O) groups excluding carboxylic acids is 2. The van der Waals surface area contributed by atoms with Crippen LogP contribution in [-0.2, 0) is 22.4 Å². The lowest BCUT2D eigenvalue weighted by Crippen LogP contribution is -2.36. The molecule has 5 nitrogen and oxygen atoms in total. The first-order valence-electron chi connectivity index (χ1n) is 9.60. The largest absolute Gasteiger partial charge is 0.337 e. The molecule has 1 aromatic heterocycles. The van der Waals surface area contributed by atoms with Gasteiger partial charge in [0.15, 0.2) is 0 Å². The van der Waals surface area contributed by atoms with Gasteiger partial charge in [0.2, 0.25) is 5.91 Å². The van der Waals surface area contributed by atoms with Crippen LogP contribution in [0.25, 0.3) is 10.9 Å². The van der Waals surface area contributed by atoms with E-state index in [1.807, 2.05) is 62.5 Å². The summed E-state index contributed by atoms with van der Waals surface area (Å²) < 4.78 is 1.65. The number of anilines is 1. The number of amides is 1. The van der Waals surface area contributed by atoms with Gasteiger partial charge in [0.1, 0.15) is 0 Å². The lowest BCUT2D eigenvalue weighted by molar-refractivity contribution is -0.141. The van der Waals surface area contributed by atoms with Crippen LogP contribution in [-0.4, -0.2) is 23.7 Å². The first-order valence-corrected chi connectivity index (χ1v) is 9.60. The van der Waals surface area contributed by atoms with Crippen molar-refractivity contribution in [3.63, 3.8) is 0 Å². The molecule has 1 atom stereocenters. The topological polar surface area (TPSA) is 51.5 Å². The number of aryl methyl sites for hydroxylation is 1. The van der Waals surface area contributed by atoms with Gasteiger partial charge in [0.05, 0.1) is 11.2 Å². The quantitative estimate of drug-likeness (QED) is 0.700. The molecule has 0 saturated carbocycles. The zero-order chi connectivity index (χ0) is 19.8. The molecule has 0 fully saturated rings. The molecule has 1 unspecified atom stereocenters. The van der Waals surface area contributed by atoms with Crippen molar-refractivity contribution in [2.75, 3.05) is 11.9 Å². The molecule has 1 heterocycles. The second-order valence-electron chi connectivity index (χ2n) is 7.44. The standard InChI is InChI=1S/C23H24N2O3/c1-15-8-4-6-10-20(15)24(3)23(27)17-12-13-22-19(14-17)18-9-5-7-11-21(18)25(22)28-16(2)26/h4-11,17H,12-14H2,1-3H3. The van der Waals surface area contributed by atoms with Gasteiger partial charge < -0.3 is 9.74 Å². The summed E-state index contributed by atoms with van der Waals surface area (Å²) in [6.45, 7) is 3.43. The summed E-state index contributed by atoms with van der Waals surface area (Å²) in [4.78, 5) is 32.1. The van der Waals surface area contributed by atoms with Gasteiger partial charge in [-0.05, 0) is 49.4 Å². The van der Waals surface area contributed by atoms with E-state index in [-0.39, 0.29) is 17.8 Å². The van der Waals surface area contributed by atoms with Crippen molar-refractivity contribution in [3.05, 3.63) is 65.4 Å². The Hall–Kier alpha value is -3.08. The van der Waals surface area contributed by atoms with E-state index in [0.717, 1.165) is 39.8 Å². The molecule has 1 aliphatic carbocycles. The van der Waals surface area contributed by atoms with Gasteiger partial charge in [0.25, 0.3) is 0 Å². The molecular weight excluding hydrogens is 352 g/mol. The molecule has 5 heteroatoms. The number of fused-ring (bicyclic) bond motifs is 3. The number of rotatable bonds is 3. The number of hydrogen-bond donors (Lipinski definition) is 0. The van der Waals surface area contributed by atoms with Crippen LogP contribution in [0.1, 0.15) is 30.2 Å². The highest BCUT2D eigenvalue weighted by molar-refractivity contribution is 5.96. The number of aromatic nitrogens is 1. The summed E-state index contributed by atoms with van der Waals surface area (Å²) in [6.07, 6.45) is 2.09. The highest BCUT2D eigenvalue weighted by Gasteiger charge is 2.32. The first-order chi connectivity index (χ1) is 13.5. The number of carbonyl (C=O) groups is 2. The highest BCUT2D eigenvalue weighted by Crippen LogP contribution is 2.35. The third kappa shape index (κ3) is 3.07.